The summed E-state index contributed by atoms with van der Waals surface area (Å²) >= 11 is 0. The summed E-state index contributed by atoms with van der Waals surface area (Å²) in [5, 5.41) is 0.931. The zero-order valence-electron chi connectivity index (χ0n) is 11.8. The van der Waals surface area contributed by atoms with Gasteiger partial charge in [-0.15, -0.1) is 0 Å². The van der Waals surface area contributed by atoms with Crippen LogP contribution in [-0.2, 0) is 4.74 Å². The minimum atomic E-state index is -0.0105. The lowest BCUT2D eigenvalue weighted by molar-refractivity contribution is 0.0902. The van der Waals surface area contributed by atoms with Crippen molar-refractivity contribution in [2.24, 2.45) is 5.92 Å². The van der Waals surface area contributed by atoms with E-state index in [-0.39, 0.29) is 17.8 Å². The first-order valence-corrected chi connectivity index (χ1v) is 7.05. The van der Waals surface area contributed by atoms with Crippen LogP contribution in [0, 0.1) is 5.92 Å². The van der Waals surface area contributed by atoms with Crippen LogP contribution in [0.15, 0.2) is 24.4 Å². The zero-order valence-corrected chi connectivity index (χ0v) is 11.8. The van der Waals surface area contributed by atoms with Crippen molar-refractivity contribution < 1.29 is 14.3 Å². The molecule has 1 aromatic heterocycles. The number of hydrogen-bond acceptors (Lipinski definition) is 3. The lowest BCUT2D eigenvalue weighted by Crippen LogP contribution is -2.14. The SMILES string of the molecule is CC(C)Oc1ccc2[nH]cc(C(=O)C3CCOC3)c2c1. The molecule has 0 spiro atoms. The fourth-order valence-corrected chi connectivity index (χ4v) is 2.61. The van der Waals surface area contributed by atoms with Crippen molar-refractivity contribution in [3.63, 3.8) is 0 Å². The second-order valence-corrected chi connectivity index (χ2v) is 5.50. The van der Waals surface area contributed by atoms with Crippen LogP contribution < -0.4 is 4.74 Å². The third kappa shape index (κ3) is 2.43. The minimum Gasteiger partial charge on any atom is -0.491 e. The number of ether oxygens (including phenoxy) is 2. The molecule has 1 aromatic carbocycles. The summed E-state index contributed by atoms with van der Waals surface area (Å²) in [5.41, 5.74) is 1.70. The first kappa shape index (κ1) is 13.2. The van der Waals surface area contributed by atoms with Crippen molar-refractivity contribution in [1.82, 2.24) is 4.98 Å². The Morgan fingerprint density at radius 2 is 2.30 bits per heavy atom. The maximum absolute atomic E-state index is 12.5. The average molecular weight is 273 g/mol. The Morgan fingerprint density at radius 3 is 3.00 bits per heavy atom. The van der Waals surface area contributed by atoms with Crippen molar-refractivity contribution in [2.45, 2.75) is 26.4 Å². The monoisotopic (exact) mass is 273 g/mol. The highest BCUT2D eigenvalue weighted by molar-refractivity contribution is 6.09. The summed E-state index contributed by atoms with van der Waals surface area (Å²) in [6, 6.07) is 5.82. The van der Waals surface area contributed by atoms with Crippen LogP contribution in [0.25, 0.3) is 10.9 Å². The number of benzene rings is 1. The van der Waals surface area contributed by atoms with Crippen molar-refractivity contribution in [1.29, 1.82) is 0 Å². The number of nitrogens with one attached hydrogen (secondary N) is 1. The van der Waals surface area contributed by atoms with Crippen LogP contribution in [0.4, 0.5) is 0 Å². The summed E-state index contributed by atoms with van der Waals surface area (Å²) < 4.78 is 11.0. The van der Waals surface area contributed by atoms with E-state index in [4.69, 9.17) is 9.47 Å². The topological polar surface area (TPSA) is 51.3 Å². The largest absolute Gasteiger partial charge is 0.491 e. The molecule has 4 nitrogen and oxygen atoms in total. The lowest BCUT2D eigenvalue weighted by Gasteiger charge is -2.10. The maximum atomic E-state index is 12.5. The standard InChI is InChI=1S/C16H19NO3/c1-10(2)20-12-3-4-15-13(7-12)14(8-17-15)16(18)11-5-6-19-9-11/h3-4,7-8,10-11,17H,5-6,9H2,1-2H3. The molecule has 0 radical (unpaired) electrons. The third-order valence-corrected chi connectivity index (χ3v) is 3.59. The Labute approximate surface area is 118 Å². The highest BCUT2D eigenvalue weighted by Crippen LogP contribution is 2.28. The highest BCUT2D eigenvalue weighted by atomic mass is 16.5. The first-order chi connectivity index (χ1) is 9.65. The number of carbonyl (C=O) groups is 1. The second kappa shape index (κ2) is 5.29. The molecule has 1 N–H and O–H groups in total. The van der Waals surface area contributed by atoms with Gasteiger partial charge in [0.25, 0.3) is 0 Å². The van der Waals surface area contributed by atoms with E-state index in [1.54, 1.807) is 6.20 Å². The van der Waals surface area contributed by atoms with Gasteiger partial charge in [-0.1, -0.05) is 0 Å². The molecule has 0 saturated carbocycles. The third-order valence-electron chi connectivity index (χ3n) is 3.59. The quantitative estimate of drug-likeness (QED) is 0.870. The predicted octanol–water partition coefficient (Wildman–Crippen LogP) is 3.17. The second-order valence-electron chi connectivity index (χ2n) is 5.50. The Balaban J connectivity index is 1.96. The molecule has 4 heteroatoms. The van der Waals surface area contributed by atoms with E-state index in [1.807, 2.05) is 32.0 Å². The van der Waals surface area contributed by atoms with Gasteiger partial charge in [0.15, 0.2) is 5.78 Å². The number of aromatic amines is 1. The van der Waals surface area contributed by atoms with Gasteiger partial charge in [-0.2, -0.15) is 0 Å². The van der Waals surface area contributed by atoms with Gasteiger partial charge in [-0.05, 0) is 38.5 Å². The molecule has 1 atom stereocenters. The van der Waals surface area contributed by atoms with E-state index >= 15 is 0 Å². The van der Waals surface area contributed by atoms with E-state index in [0.29, 0.717) is 13.2 Å². The summed E-state index contributed by atoms with van der Waals surface area (Å²) in [6.07, 6.45) is 2.73. The van der Waals surface area contributed by atoms with Gasteiger partial charge in [-0.25, -0.2) is 0 Å². The molecule has 106 valence electrons. The van der Waals surface area contributed by atoms with E-state index in [0.717, 1.165) is 28.6 Å². The van der Waals surface area contributed by atoms with Gasteiger partial charge in [0, 0.05) is 35.2 Å². The summed E-state index contributed by atoms with van der Waals surface area (Å²) in [7, 11) is 0. The summed E-state index contributed by atoms with van der Waals surface area (Å²) in [4.78, 5) is 15.7. The number of rotatable bonds is 4. The van der Waals surface area contributed by atoms with Gasteiger partial charge in [0.2, 0.25) is 0 Å². The number of ketones is 1. The molecular formula is C16H19NO3. The lowest BCUT2D eigenvalue weighted by atomic mass is 9.97. The Hall–Kier alpha value is -1.81. The molecular weight excluding hydrogens is 254 g/mol. The molecule has 20 heavy (non-hydrogen) atoms. The molecule has 1 aliphatic heterocycles. The van der Waals surface area contributed by atoms with Gasteiger partial charge < -0.3 is 14.5 Å². The Bertz CT molecular complexity index is 624. The molecule has 2 aromatic rings. The molecule has 1 aliphatic rings. The average Bonchev–Trinajstić information content (AvgIpc) is 3.06. The van der Waals surface area contributed by atoms with Crippen LogP contribution in [0.3, 0.4) is 0 Å². The number of hydrogen-bond donors (Lipinski definition) is 1. The molecule has 3 rings (SSSR count). The Kier molecular flexibility index (Phi) is 3.49. The molecule has 0 bridgehead atoms. The first-order valence-electron chi connectivity index (χ1n) is 7.05. The van der Waals surface area contributed by atoms with E-state index < -0.39 is 0 Å². The zero-order chi connectivity index (χ0) is 14.1. The van der Waals surface area contributed by atoms with E-state index in [2.05, 4.69) is 4.98 Å². The van der Waals surface area contributed by atoms with Crippen LogP contribution >= 0.6 is 0 Å². The van der Waals surface area contributed by atoms with Gasteiger partial charge >= 0.3 is 0 Å². The predicted molar refractivity (Wildman–Crippen MR) is 77.3 cm³/mol. The fourth-order valence-electron chi connectivity index (χ4n) is 2.61. The molecule has 0 amide bonds. The number of carbonyl (C=O) groups excluding carboxylic acids is 1. The van der Waals surface area contributed by atoms with E-state index in [1.165, 1.54) is 0 Å². The van der Waals surface area contributed by atoms with Crippen LogP contribution in [-0.4, -0.2) is 30.1 Å². The van der Waals surface area contributed by atoms with Crippen molar-refractivity contribution in [2.75, 3.05) is 13.2 Å². The fraction of sp³-hybridized carbons (Fsp3) is 0.438. The molecule has 1 saturated heterocycles. The molecule has 1 unspecified atom stereocenters. The summed E-state index contributed by atoms with van der Waals surface area (Å²) in [5.74, 6) is 0.947. The number of aromatic nitrogens is 1. The molecule has 1 fully saturated rings. The normalized spacial score (nSPS) is 18.9. The number of Topliss-reactive ketones (excluding diaryl/α,β-unsaturated/α-hetero) is 1. The van der Waals surface area contributed by atoms with Gasteiger partial charge in [-0.3, -0.25) is 4.79 Å². The van der Waals surface area contributed by atoms with Gasteiger partial charge in [0.05, 0.1) is 12.7 Å². The van der Waals surface area contributed by atoms with Gasteiger partial charge in [0.1, 0.15) is 5.75 Å². The molecule has 2 heterocycles. The van der Waals surface area contributed by atoms with Crippen molar-refractivity contribution in [3.05, 3.63) is 30.0 Å². The smallest absolute Gasteiger partial charge is 0.170 e. The number of fused-ring (bicyclic) bond motifs is 1. The summed E-state index contributed by atoms with van der Waals surface area (Å²) in [6.45, 7) is 5.20. The van der Waals surface area contributed by atoms with Crippen molar-refractivity contribution >= 4 is 16.7 Å². The van der Waals surface area contributed by atoms with Crippen molar-refractivity contribution in [3.8, 4) is 5.75 Å². The van der Waals surface area contributed by atoms with Crippen LogP contribution in [0.2, 0.25) is 0 Å². The minimum absolute atomic E-state index is 0.0105. The highest BCUT2D eigenvalue weighted by Gasteiger charge is 2.26. The Morgan fingerprint density at radius 1 is 1.45 bits per heavy atom. The van der Waals surface area contributed by atoms with Crippen LogP contribution in [0.1, 0.15) is 30.6 Å². The maximum Gasteiger partial charge on any atom is 0.170 e. The molecule has 0 aliphatic carbocycles. The number of H-pyrrole nitrogens is 1. The van der Waals surface area contributed by atoms with E-state index in [9.17, 15) is 4.79 Å². The van der Waals surface area contributed by atoms with Crippen LogP contribution in [0.5, 0.6) is 5.75 Å².